The molecule has 0 saturated carbocycles. The van der Waals surface area contributed by atoms with E-state index in [0.717, 1.165) is 56.2 Å². The molecule has 1 heteroatoms. The molecule has 1 nitrogen and oxygen atoms in total. The van der Waals surface area contributed by atoms with E-state index in [9.17, 15) is 0 Å². The highest BCUT2D eigenvalue weighted by atomic mass is 14.5. The summed E-state index contributed by atoms with van der Waals surface area (Å²) >= 11 is 0. The van der Waals surface area contributed by atoms with E-state index < -0.39 is 0 Å². The third kappa shape index (κ3) is 5.62. The van der Waals surface area contributed by atoms with Gasteiger partial charge in [-0.3, -0.25) is 0 Å². The Hall–Kier alpha value is -2.30. The van der Waals surface area contributed by atoms with E-state index in [2.05, 4.69) is 62.3 Å². The van der Waals surface area contributed by atoms with Crippen LogP contribution >= 0.6 is 0 Å². The first-order valence-corrected chi connectivity index (χ1v) is 9.19. The van der Waals surface area contributed by atoms with Crippen LogP contribution in [0.4, 0.5) is 0 Å². The second-order valence-electron chi connectivity index (χ2n) is 6.52. The summed E-state index contributed by atoms with van der Waals surface area (Å²) in [6.07, 6.45) is 12.4. The maximum Gasteiger partial charge on any atom is 0.0248 e. The molecule has 0 heterocycles. The Kier molecular flexibility index (Phi) is 7.51. The van der Waals surface area contributed by atoms with Crippen LogP contribution in [0.2, 0.25) is 0 Å². The Balaban J connectivity index is 2.35. The minimum absolute atomic E-state index is 0.727. The highest BCUT2D eigenvalue weighted by Gasteiger charge is 2.12. The Bertz CT molecular complexity index is 750. The van der Waals surface area contributed by atoms with Gasteiger partial charge >= 0.3 is 0 Å². The summed E-state index contributed by atoms with van der Waals surface area (Å²) < 4.78 is 0. The van der Waals surface area contributed by atoms with Gasteiger partial charge in [0.25, 0.3) is 0 Å². The fourth-order valence-electron chi connectivity index (χ4n) is 3.04. The van der Waals surface area contributed by atoms with Crippen LogP contribution in [-0.4, -0.2) is 6.54 Å². The number of hydrogen-bond donors (Lipinski definition) is 1. The van der Waals surface area contributed by atoms with E-state index in [1.54, 1.807) is 0 Å². The van der Waals surface area contributed by atoms with Crippen molar-refractivity contribution in [2.45, 2.75) is 45.4 Å². The van der Waals surface area contributed by atoms with Crippen LogP contribution in [0.15, 0.2) is 60.7 Å². The van der Waals surface area contributed by atoms with Crippen LogP contribution in [0.1, 0.15) is 55.7 Å². The lowest BCUT2D eigenvalue weighted by atomic mass is 9.87. The van der Waals surface area contributed by atoms with Crippen molar-refractivity contribution in [3.8, 4) is 11.8 Å². The molecule has 0 unspecified atom stereocenters. The van der Waals surface area contributed by atoms with Gasteiger partial charge in [0.1, 0.15) is 0 Å². The van der Waals surface area contributed by atoms with Gasteiger partial charge in [0.2, 0.25) is 0 Å². The molecule has 0 saturated heterocycles. The summed E-state index contributed by atoms with van der Waals surface area (Å²) in [6, 6.07) is 6.57. The van der Waals surface area contributed by atoms with Crippen LogP contribution in [0, 0.1) is 11.8 Å². The zero-order chi connectivity index (χ0) is 18.1. The van der Waals surface area contributed by atoms with Crippen LogP contribution < -0.4 is 5.73 Å². The first kappa shape index (κ1) is 19.0. The van der Waals surface area contributed by atoms with Crippen molar-refractivity contribution in [3.63, 3.8) is 0 Å². The monoisotopic (exact) mass is 331 g/mol. The zero-order valence-electron chi connectivity index (χ0n) is 15.4. The third-order valence-corrected chi connectivity index (χ3v) is 4.47. The van der Waals surface area contributed by atoms with Crippen LogP contribution in [0.5, 0.6) is 0 Å². The number of nitrogens with two attached hydrogens (primary N) is 1. The standard InChI is InChI=1S/C24H29N/c1-4-6-7-8-21-11-14-24(23(18-21)17-19(3)5-2)22-12-9-20(10-13-22)15-16-25/h5,9,11-12,14,18H,2-4,6,10,13,15-17,25H2,1H3. The third-order valence-electron chi connectivity index (χ3n) is 4.47. The second-order valence-corrected chi connectivity index (χ2v) is 6.52. The number of hydrogen-bond acceptors (Lipinski definition) is 1. The topological polar surface area (TPSA) is 26.0 Å². The maximum absolute atomic E-state index is 5.67. The van der Waals surface area contributed by atoms with Gasteiger partial charge in [0, 0.05) is 12.0 Å². The van der Waals surface area contributed by atoms with Crippen molar-refractivity contribution in [1.82, 2.24) is 0 Å². The molecule has 2 N–H and O–H groups in total. The fraction of sp³-hybridized carbons (Fsp3) is 0.333. The normalized spacial score (nSPS) is 13.4. The molecule has 1 aromatic rings. The molecule has 1 aromatic carbocycles. The zero-order valence-corrected chi connectivity index (χ0v) is 15.4. The van der Waals surface area contributed by atoms with Crippen molar-refractivity contribution < 1.29 is 0 Å². The maximum atomic E-state index is 5.67. The van der Waals surface area contributed by atoms with Gasteiger partial charge in [-0.2, -0.15) is 0 Å². The van der Waals surface area contributed by atoms with E-state index in [1.807, 2.05) is 6.08 Å². The van der Waals surface area contributed by atoms with E-state index in [-0.39, 0.29) is 0 Å². The molecule has 1 aliphatic rings. The number of unbranched alkanes of at least 4 members (excludes halogenated alkanes) is 1. The van der Waals surface area contributed by atoms with Crippen molar-refractivity contribution >= 4 is 5.57 Å². The summed E-state index contributed by atoms with van der Waals surface area (Å²) in [7, 11) is 0. The van der Waals surface area contributed by atoms with Crippen LogP contribution in [0.3, 0.4) is 0 Å². The fourth-order valence-corrected chi connectivity index (χ4v) is 3.04. The van der Waals surface area contributed by atoms with Gasteiger partial charge in [0.15, 0.2) is 0 Å². The van der Waals surface area contributed by atoms with Crippen molar-refractivity contribution in [2.75, 3.05) is 6.54 Å². The van der Waals surface area contributed by atoms with E-state index in [4.69, 9.17) is 5.73 Å². The van der Waals surface area contributed by atoms with E-state index in [1.165, 1.54) is 22.3 Å². The molecule has 0 fully saturated rings. The first-order chi connectivity index (χ1) is 12.2. The first-order valence-electron chi connectivity index (χ1n) is 9.19. The van der Waals surface area contributed by atoms with E-state index >= 15 is 0 Å². The van der Waals surface area contributed by atoms with Crippen molar-refractivity contribution in [1.29, 1.82) is 0 Å². The minimum Gasteiger partial charge on any atom is -0.330 e. The average molecular weight is 332 g/mol. The smallest absolute Gasteiger partial charge is 0.0248 e. The summed E-state index contributed by atoms with van der Waals surface area (Å²) in [4.78, 5) is 0. The predicted molar refractivity (Wildman–Crippen MR) is 110 cm³/mol. The lowest BCUT2D eigenvalue weighted by molar-refractivity contribution is 0.853. The summed E-state index contributed by atoms with van der Waals surface area (Å²) in [5.41, 5.74) is 13.2. The predicted octanol–water partition coefficient (Wildman–Crippen LogP) is 5.58. The van der Waals surface area contributed by atoms with Crippen LogP contribution in [-0.2, 0) is 6.42 Å². The Morgan fingerprint density at radius 2 is 2.12 bits per heavy atom. The highest BCUT2D eigenvalue weighted by Crippen LogP contribution is 2.31. The molecule has 0 radical (unpaired) electrons. The largest absolute Gasteiger partial charge is 0.330 e. The molecule has 0 spiro atoms. The average Bonchev–Trinajstić information content (AvgIpc) is 2.63. The van der Waals surface area contributed by atoms with Gasteiger partial charge in [-0.15, -0.1) is 0 Å². The molecule has 1 aliphatic carbocycles. The lowest BCUT2D eigenvalue weighted by Crippen LogP contribution is -2.03. The molecule has 2 rings (SSSR count). The lowest BCUT2D eigenvalue weighted by Gasteiger charge is -2.18. The molecular weight excluding hydrogens is 302 g/mol. The molecule has 130 valence electrons. The van der Waals surface area contributed by atoms with Gasteiger partial charge in [-0.05, 0) is 67.5 Å². The molecule has 0 aromatic heterocycles. The molecule has 0 atom stereocenters. The van der Waals surface area contributed by atoms with Gasteiger partial charge < -0.3 is 5.73 Å². The Morgan fingerprint density at radius 3 is 2.76 bits per heavy atom. The summed E-state index contributed by atoms with van der Waals surface area (Å²) in [5, 5.41) is 0. The second kappa shape index (κ2) is 9.87. The van der Waals surface area contributed by atoms with E-state index in [0.29, 0.717) is 0 Å². The van der Waals surface area contributed by atoms with Gasteiger partial charge in [-0.1, -0.05) is 67.4 Å². The minimum atomic E-state index is 0.727. The van der Waals surface area contributed by atoms with Gasteiger partial charge in [0.05, 0.1) is 0 Å². The Labute approximate surface area is 153 Å². The number of allylic oxidation sites excluding steroid dienone is 5. The molecule has 0 aliphatic heterocycles. The van der Waals surface area contributed by atoms with Crippen molar-refractivity contribution in [3.05, 3.63) is 77.4 Å². The summed E-state index contributed by atoms with van der Waals surface area (Å²) in [6.45, 7) is 10.8. The Morgan fingerprint density at radius 1 is 1.28 bits per heavy atom. The SMILES string of the molecule is C=CC(=C)Cc1cc(C#CCCC)ccc1C1=CC=C(CCN)CC1. The quantitative estimate of drug-likeness (QED) is 0.512. The highest BCUT2D eigenvalue weighted by molar-refractivity contribution is 5.72. The molecule has 0 bridgehead atoms. The molecular formula is C24H29N. The van der Waals surface area contributed by atoms with Gasteiger partial charge in [-0.25, -0.2) is 0 Å². The summed E-state index contributed by atoms with van der Waals surface area (Å²) in [5.74, 6) is 6.52. The van der Waals surface area contributed by atoms with Crippen LogP contribution in [0.25, 0.3) is 5.57 Å². The van der Waals surface area contributed by atoms with Crippen molar-refractivity contribution in [2.24, 2.45) is 5.73 Å². The number of rotatable bonds is 7. The number of benzene rings is 1. The molecule has 0 amide bonds. The molecule has 25 heavy (non-hydrogen) atoms.